The summed E-state index contributed by atoms with van der Waals surface area (Å²) < 4.78 is 571. The molecule has 0 N–H and O–H groups in total. The van der Waals surface area contributed by atoms with E-state index in [4.69, 9.17) is 0 Å². The topological polar surface area (TPSA) is 0 Å². The van der Waals surface area contributed by atoms with Crippen molar-refractivity contribution in [1.82, 2.24) is 0 Å². The summed E-state index contributed by atoms with van der Waals surface area (Å²) in [5, 5.41) is 0. The third-order valence-corrected chi connectivity index (χ3v) is 15.1. The van der Waals surface area contributed by atoms with E-state index in [1.54, 1.807) is 0 Å². The molecule has 0 saturated carbocycles. The van der Waals surface area contributed by atoms with Crippen LogP contribution in [0.25, 0.3) is 0 Å². The molecule has 0 radical (unpaired) electrons. The molecule has 0 bridgehead atoms. The Labute approximate surface area is 357 Å². The maximum atomic E-state index is 14.7. The Morgan fingerprint density at radius 3 is 0.457 bits per heavy atom. The number of rotatable bonds is 23. The standard InChI is InChI=1S/C27H16F42Si/c28-9(29,13(37,38)16(43,44)19(49,50)22(55,56)25(61,62)63)1-5-70(8-4-12(34,35)36,6-2-10(30,31)14(39,40)17(45,46)20(51,52)23(57,58)26(64,65)66)7-3-11(32,33)15(41,42)18(47,48)21(53,54)24(59,60)27(67,68)69/h1-8H2. The molecule has 0 aliphatic heterocycles. The molecule has 0 spiro atoms. The monoisotopic (exact) mass is 1170 g/mol. The molecular weight excluding hydrogens is 1150 g/mol. The van der Waals surface area contributed by atoms with Gasteiger partial charge in [-0.25, -0.2) is 0 Å². The highest BCUT2D eigenvalue weighted by molar-refractivity contribution is 6.79. The van der Waals surface area contributed by atoms with Gasteiger partial charge in [0.1, 0.15) is 0 Å². The molecule has 70 heavy (non-hydrogen) atoms. The van der Waals surface area contributed by atoms with Crippen molar-refractivity contribution in [2.24, 2.45) is 0 Å². The average molecular weight is 1170 g/mol. The summed E-state index contributed by atoms with van der Waals surface area (Å²) in [5.74, 6) is -130. The van der Waals surface area contributed by atoms with Gasteiger partial charge in [0.25, 0.3) is 0 Å². The fraction of sp³-hybridized carbons (Fsp3) is 1.00. The summed E-state index contributed by atoms with van der Waals surface area (Å²) in [6.07, 6.45) is -47.6. The predicted molar refractivity (Wildman–Crippen MR) is 142 cm³/mol. The predicted octanol–water partition coefficient (Wildman–Crippen LogP) is 16.8. The normalized spacial score (nSPS) is 16.9. The zero-order chi connectivity index (χ0) is 57.7. The second kappa shape index (κ2) is 18.0. The first-order valence-corrected chi connectivity index (χ1v) is 19.3. The van der Waals surface area contributed by atoms with E-state index in [2.05, 4.69) is 0 Å². The highest BCUT2D eigenvalue weighted by Gasteiger charge is 2.93. The number of hydrogen-bond acceptors (Lipinski definition) is 0. The molecule has 0 unspecified atom stereocenters. The van der Waals surface area contributed by atoms with Crippen molar-refractivity contribution < 1.29 is 184 Å². The molecule has 0 aliphatic rings. The second-order valence-electron chi connectivity index (χ2n) is 14.6. The molecule has 0 aromatic heterocycles. The lowest BCUT2D eigenvalue weighted by Crippen LogP contribution is -2.70. The van der Waals surface area contributed by atoms with Gasteiger partial charge in [0.05, 0.1) is 8.07 Å². The molecule has 0 aliphatic carbocycles. The first kappa shape index (κ1) is 67.3. The second-order valence-corrected chi connectivity index (χ2v) is 19.6. The molecule has 0 nitrogen and oxygen atoms in total. The van der Waals surface area contributed by atoms with Crippen LogP contribution in [0.4, 0.5) is 184 Å². The molecule has 0 fully saturated rings. The fourth-order valence-electron chi connectivity index (χ4n) is 5.30. The molecule has 0 heterocycles. The molecule has 0 atom stereocenters. The minimum Gasteiger partial charge on any atom is -0.200 e. The molecule has 43 heteroatoms. The van der Waals surface area contributed by atoms with E-state index in [0.29, 0.717) is 0 Å². The Hall–Kier alpha value is -2.72. The Morgan fingerprint density at radius 1 is 0.171 bits per heavy atom. The summed E-state index contributed by atoms with van der Waals surface area (Å²) in [7, 11) is -7.43. The highest BCUT2D eigenvalue weighted by atomic mass is 28.3. The summed E-state index contributed by atoms with van der Waals surface area (Å²) in [4.78, 5) is 0. The van der Waals surface area contributed by atoms with Crippen molar-refractivity contribution in [2.45, 2.75) is 163 Å². The van der Waals surface area contributed by atoms with E-state index < -0.39 is 171 Å². The van der Waals surface area contributed by atoms with Gasteiger partial charge in [-0.3, -0.25) is 0 Å². The van der Waals surface area contributed by atoms with Crippen molar-refractivity contribution in [3.05, 3.63) is 0 Å². The lowest BCUT2D eigenvalue weighted by molar-refractivity contribution is -0.440. The van der Waals surface area contributed by atoms with Crippen LogP contribution in [0, 0.1) is 0 Å². The van der Waals surface area contributed by atoms with Crippen molar-refractivity contribution in [3.63, 3.8) is 0 Å². The van der Waals surface area contributed by atoms with Crippen LogP contribution < -0.4 is 0 Å². The highest BCUT2D eigenvalue weighted by Crippen LogP contribution is 2.65. The van der Waals surface area contributed by atoms with E-state index >= 15 is 0 Å². The molecule has 0 aromatic rings. The van der Waals surface area contributed by atoms with Crippen LogP contribution in [0.15, 0.2) is 0 Å². The fourth-order valence-corrected chi connectivity index (χ4v) is 10.1. The lowest BCUT2D eigenvalue weighted by Gasteiger charge is -2.43. The average Bonchev–Trinajstić information content (AvgIpc) is 3.11. The number of halogens is 42. The minimum absolute atomic E-state index is 3.24. The molecule has 422 valence electrons. The maximum absolute atomic E-state index is 14.7. The molecular formula is C27H16F42Si. The van der Waals surface area contributed by atoms with E-state index in [0.717, 1.165) is 0 Å². The molecule has 0 rings (SSSR count). The number of alkyl halides is 42. The van der Waals surface area contributed by atoms with Gasteiger partial charge in [0, 0.05) is 25.7 Å². The van der Waals surface area contributed by atoms with Crippen molar-refractivity contribution >= 4 is 8.07 Å². The van der Waals surface area contributed by atoms with Crippen molar-refractivity contribution in [3.8, 4) is 0 Å². The number of hydrogen-bond donors (Lipinski definition) is 0. The van der Waals surface area contributed by atoms with Crippen LogP contribution in [0.1, 0.15) is 25.7 Å². The Morgan fingerprint density at radius 2 is 0.314 bits per heavy atom. The van der Waals surface area contributed by atoms with Gasteiger partial charge >= 0.3 is 114 Å². The zero-order valence-electron chi connectivity index (χ0n) is 31.5. The Bertz CT molecular complexity index is 1580. The Balaban J connectivity index is 8.34. The van der Waals surface area contributed by atoms with Gasteiger partial charge in [-0.15, -0.1) is 0 Å². The molecule has 0 amide bonds. The zero-order valence-corrected chi connectivity index (χ0v) is 32.5. The maximum Gasteiger partial charge on any atom is 0.460 e. The third kappa shape index (κ3) is 10.5. The third-order valence-electron chi connectivity index (χ3n) is 9.84. The molecule has 0 saturated heterocycles. The largest absolute Gasteiger partial charge is 0.460 e. The van der Waals surface area contributed by atoms with E-state index in [9.17, 15) is 184 Å². The van der Waals surface area contributed by atoms with E-state index in [-0.39, 0.29) is 0 Å². The van der Waals surface area contributed by atoms with Gasteiger partial charge in [-0.05, 0) is 6.04 Å². The van der Waals surface area contributed by atoms with E-state index in [1.165, 1.54) is 0 Å². The van der Waals surface area contributed by atoms with Gasteiger partial charge in [-0.1, -0.05) is 18.1 Å². The SMILES string of the molecule is FC(F)(F)CC[Si](CCC(F)(F)C(F)(F)C(F)(F)C(F)(F)C(F)(F)C(F)(F)F)(CCC(F)(F)C(F)(F)C(F)(F)C(F)(F)C(F)(F)C(F)(F)F)CCC(F)(F)C(F)(F)C(F)(F)C(F)(F)C(F)(F)C(F)(F)F. The van der Waals surface area contributed by atoms with Crippen LogP contribution in [-0.2, 0) is 0 Å². The smallest absolute Gasteiger partial charge is 0.200 e. The van der Waals surface area contributed by atoms with Crippen LogP contribution in [0.2, 0.25) is 24.2 Å². The minimum atomic E-state index is -9.02. The van der Waals surface area contributed by atoms with E-state index in [1.807, 2.05) is 0 Å². The summed E-state index contributed by atoms with van der Waals surface area (Å²) in [5.41, 5.74) is 0. The van der Waals surface area contributed by atoms with Crippen molar-refractivity contribution in [2.75, 3.05) is 0 Å². The van der Waals surface area contributed by atoms with Crippen LogP contribution in [0.3, 0.4) is 0 Å². The van der Waals surface area contributed by atoms with Gasteiger partial charge < -0.3 is 0 Å². The van der Waals surface area contributed by atoms with Crippen molar-refractivity contribution in [1.29, 1.82) is 0 Å². The van der Waals surface area contributed by atoms with Gasteiger partial charge in [0.15, 0.2) is 0 Å². The first-order valence-electron chi connectivity index (χ1n) is 16.5. The van der Waals surface area contributed by atoms with Crippen LogP contribution in [0.5, 0.6) is 0 Å². The Kier molecular flexibility index (Phi) is 17.3. The van der Waals surface area contributed by atoms with Crippen LogP contribution in [-0.4, -0.2) is 122 Å². The molecule has 0 aromatic carbocycles. The summed E-state index contributed by atoms with van der Waals surface area (Å²) in [6.45, 7) is 0. The summed E-state index contributed by atoms with van der Waals surface area (Å²) in [6, 6.07) is -14.2. The lowest BCUT2D eigenvalue weighted by atomic mass is 9.93. The van der Waals surface area contributed by atoms with Gasteiger partial charge in [-0.2, -0.15) is 184 Å². The first-order chi connectivity index (χ1) is 29.6. The quantitative estimate of drug-likeness (QED) is 0.0707. The summed E-state index contributed by atoms with van der Waals surface area (Å²) >= 11 is 0. The van der Waals surface area contributed by atoms with Crippen LogP contribution >= 0.6 is 0 Å². The van der Waals surface area contributed by atoms with Gasteiger partial charge in [0.2, 0.25) is 0 Å².